The molecule has 28 heavy (non-hydrogen) atoms. The number of hydrogen-bond donors (Lipinski definition) is 1. The quantitative estimate of drug-likeness (QED) is 0.663. The zero-order valence-electron chi connectivity index (χ0n) is 15.7. The molecule has 0 fully saturated rings. The Kier molecular flexibility index (Phi) is 5.91. The highest BCUT2D eigenvalue weighted by Gasteiger charge is 2.19. The van der Waals surface area contributed by atoms with Gasteiger partial charge in [0.15, 0.2) is 0 Å². The fourth-order valence-electron chi connectivity index (χ4n) is 2.78. The van der Waals surface area contributed by atoms with Crippen LogP contribution in [0.2, 0.25) is 0 Å². The number of anilines is 1. The lowest BCUT2D eigenvalue weighted by atomic mass is 10.2. The highest BCUT2D eigenvalue weighted by atomic mass is 32.2. The van der Waals surface area contributed by atoms with Crippen molar-refractivity contribution < 1.29 is 13.2 Å². The number of amides is 1. The van der Waals surface area contributed by atoms with Crippen LogP contribution < -0.4 is 5.32 Å². The van der Waals surface area contributed by atoms with Gasteiger partial charge in [0.05, 0.1) is 17.6 Å². The summed E-state index contributed by atoms with van der Waals surface area (Å²) in [4.78, 5) is 16.8. The third kappa shape index (κ3) is 4.47. The predicted octanol–water partition coefficient (Wildman–Crippen LogP) is 2.93. The second-order valence-electron chi connectivity index (χ2n) is 6.23. The van der Waals surface area contributed by atoms with Crippen LogP contribution in [0.4, 0.5) is 5.95 Å². The molecule has 146 valence electrons. The number of benzene rings is 2. The molecule has 0 spiro atoms. The first kappa shape index (κ1) is 19.8. The van der Waals surface area contributed by atoms with Crippen molar-refractivity contribution in [1.29, 1.82) is 0 Å². The second kappa shape index (κ2) is 8.37. The van der Waals surface area contributed by atoms with Gasteiger partial charge in [0.2, 0.25) is 21.9 Å². The molecule has 8 heteroatoms. The number of carbonyl (C=O) groups excluding carboxylic acids is 1. The summed E-state index contributed by atoms with van der Waals surface area (Å²) in [6.07, 6.45) is 1.50. The molecule has 1 heterocycles. The molecule has 7 nitrogen and oxygen atoms in total. The molecular weight excluding hydrogens is 376 g/mol. The molecule has 1 amide bonds. The third-order valence-electron chi connectivity index (χ3n) is 4.25. The molecular formula is C20H22N4O3S. The number of nitrogens with one attached hydrogen (secondary N) is 1. The highest BCUT2D eigenvalue weighted by molar-refractivity contribution is 7.92. The van der Waals surface area contributed by atoms with Crippen molar-refractivity contribution in [3.8, 4) is 0 Å². The van der Waals surface area contributed by atoms with E-state index in [1.807, 2.05) is 54.0 Å². The molecule has 0 atom stereocenters. The molecule has 0 aliphatic heterocycles. The SMILES string of the molecule is CCn1c(NC(=O)CN(C)S(=O)(=O)C=Cc2ccccc2)nc2ccccc21. The third-order valence-corrected chi connectivity index (χ3v) is 5.73. The maximum Gasteiger partial charge on any atom is 0.242 e. The molecule has 2 aromatic carbocycles. The molecule has 0 unspecified atom stereocenters. The summed E-state index contributed by atoms with van der Waals surface area (Å²) in [6, 6.07) is 16.7. The van der Waals surface area contributed by atoms with Crippen molar-refractivity contribution >= 4 is 39.0 Å². The number of aryl methyl sites for hydroxylation is 1. The number of rotatable bonds is 7. The fraction of sp³-hybridized carbons (Fsp3) is 0.200. The molecule has 0 saturated heterocycles. The summed E-state index contributed by atoms with van der Waals surface area (Å²) in [6.45, 7) is 2.27. The Labute approximate surface area is 164 Å². The minimum absolute atomic E-state index is 0.311. The van der Waals surface area contributed by atoms with E-state index in [0.717, 1.165) is 26.3 Å². The van der Waals surface area contributed by atoms with Crippen LogP contribution in [0.5, 0.6) is 0 Å². The Balaban J connectivity index is 1.70. The van der Waals surface area contributed by atoms with Gasteiger partial charge in [-0.25, -0.2) is 13.4 Å². The van der Waals surface area contributed by atoms with Gasteiger partial charge in [0.25, 0.3) is 0 Å². The van der Waals surface area contributed by atoms with Crippen molar-refractivity contribution in [3.63, 3.8) is 0 Å². The van der Waals surface area contributed by atoms with Gasteiger partial charge in [-0.1, -0.05) is 42.5 Å². The number of hydrogen-bond acceptors (Lipinski definition) is 4. The van der Waals surface area contributed by atoms with E-state index in [1.54, 1.807) is 12.1 Å². The zero-order chi connectivity index (χ0) is 20.1. The van der Waals surface area contributed by atoms with Gasteiger partial charge in [-0.2, -0.15) is 4.31 Å². The Morgan fingerprint density at radius 1 is 1.14 bits per heavy atom. The van der Waals surface area contributed by atoms with E-state index >= 15 is 0 Å². The second-order valence-corrected chi connectivity index (χ2v) is 8.16. The van der Waals surface area contributed by atoms with Gasteiger partial charge >= 0.3 is 0 Å². The van der Waals surface area contributed by atoms with E-state index in [4.69, 9.17) is 0 Å². The summed E-state index contributed by atoms with van der Waals surface area (Å²) in [5.41, 5.74) is 2.44. The van der Waals surface area contributed by atoms with Crippen LogP contribution >= 0.6 is 0 Å². The van der Waals surface area contributed by atoms with Crippen LogP contribution in [0.3, 0.4) is 0 Å². The van der Waals surface area contributed by atoms with E-state index in [0.29, 0.717) is 12.5 Å². The van der Waals surface area contributed by atoms with Crippen LogP contribution in [0.15, 0.2) is 60.0 Å². The Morgan fingerprint density at radius 2 is 1.82 bits per heavy atom. The predicted molar refractivity (Wildman–Crippen MR) is 111 cm³/mol. The van der Waals surface area contributed by atoms with Crippen LogP contribution in [-0.4, -0.2) is 41.8 Å². The van der Waals surface area contributed by atoms with Crippen molar-refractivity contribution in [2.75, 3.05) is 18.9 Å². The Morgan fingerprint density at radius 3 is 2.54 bits per heavy atom. The molecule has 0 aliphatic rings. The summed E-state index contributed by atoms with van der Waals surface area (Å²) < 4.78 is 27.7. The number of likely N-dealkylation sites (N-methyl/N-ethyl adjacent to an activating group) is 1. The lowest BCUT2D eigenvalue weighted by Crippen LogP contribution is -2.34. The summed E-state index contributed by atoms with van der Waals surface area (Å²) in [5, 5.41) is 3.80. The summed E-state index contributed by atoms with van der Waals surface area (Å²) in [5.74, 6) is -0.0523. The molecule has 3 rings (SSSR count). The average molecular weight is 398 g/mol. The first-order valence-electron chi connectivity index (χ1n) is 8.85. The summed E-state index contributed by atoms with van der Waals surface area (Å²) >= 11 is 0. The summed E-state index contributed by atoms with van der Waals surface area (Å²) in [7, 11) is -2.35. The average Bonchev–Trinajstić information content (AvgIpc) is 3.03. The lowest BCUT2D eigenvalue weighted by molar-refractivity contribution is -0.116. The maximum atomic E-state index is 12.4. The van der Waals surface area contributed by atoms with Gasteiger partial charge in [-0.05, 0) is 30.7 Å². The first-order valence-corrected chi connectivity index (χ1v) is 10.4. The number of imidazole rings is 1. The van der Waals surface area contributed by atoms with E-state index in [-0.39, 0.29) is 6.54 Å². The number of carbonyl (C=O) groups is 1. The first-order chi connectivity index (χ1) is 13.4. The van der Waals surface area contributed by atoms with Crippen molar-refractivity contribution in [3.05, 3.63) is 65.6 Å². The minimum atomic E-state index is -3.72. The van der Waals surface area contributed by atoms with Gasteiger partial charge < -0.3 is 4.57 Å². The number of aromatic nitrogens is 2. The minimum Gasteiger partial charge on any atom is -0.310 e. The number of sulfonamides is 1. The maximum absolute atomic E-state index is 12.4. The van der Waals surface area contributed by atoms with Crippen LogP contribution in [0.25, 0.3) is 17.1 Å². The van der Waals surface area contributed by atoms with Gasteiger partial charge in [-0.15, -0.1) is 0 Å². The zero-order valence-corrected chi connectivity index (χ0v) is 16.6. The van der Waals surface area contributed by atoms with E-state index in [9.17, 15) is 13.2 Å². The molecule has 3 aromatic rings. The van der Waals surface area contributed by atoms with Crippen LogP contribution in [0, 0.1) is 0 Å². The topological polar surface area (TPSA) is 84.3 Å². The largest absolute Gasteiger partial charge is 0.310 e. The van der Waals surface area contributed by atoms with Gasteiger partial charge in [0, 0.05) is 19.0 Å². The molecule has 1 N–H and O–H groups in total. The fourth-order valence-corrected chi connectivity index (χ4v) is 3.61. The normalized spacial score (nSPS) is 12.1. The number of nitrogens with zero attached hydrogens (tertiary/aromatic N) is 3. The van der Waals surface area contributed by atoms with Crippen LogP contribution in [-0.2, 0) is 21.4 Å². The molecule has 0 bridgehead atoms. The lowest BCUT2D eigenvalue weighted by Gasteiger charge is -2.14. The van der Waals surface area contributed by atoms with Crippen molar-refractivity contribution in [2.24, 2.45) is 0 Å². The molecule has 0 radical (unpaired) electrons. The van der Waals surface area contributed by atoms with E-state index in [1.165, 1.54) is 13.1 Å². The Bertz CT molecular complexity index is 1100. The van der Waals surface area contributed by atoms with Gasteiger partial charge in [-0.3, -0.25) is 10.1 Å². The van der Waals surface area contributed by atoms with Crippen molar-refractivity contribution in [1.82, 2.24) is 13.9 Å². The van der Waals surface area contributed by atoms with E-state index in [2.05, 4.69) is 10.3 Å². The smallest absolute Gasteiger partial charge is 0.242 e. The molecule has 1 aromatic heterocycles. The molecule has 0 saturated carbocycles. The highest BCUT2D eigenvalue weighted by Crippen LogP contribution is 2.19. The van der Waals surface area contributed by atoms with Crippen molar-refractivity contribution in [2.45, 2.75) is 13.5 Å². The van der Waals surface area contributed by atoms with Crippen LogP contribution in [0.1, 0.15) is 12.5 Å². The monoisotopic (exact) mass is 398 g/mol. The molecule has 0 aliphatic carbocycles. The Hall–Kier alpha value is -2.97. The van der Waals surface area contributed by atoms with Gasteiger partial charge in [0.1, 0.15) is 0 Å². The standard InChI is InChI=1S/C20H22N4O3S/c1-3-24-18-12-8-7-11-17(18)21-20(24)22-19(25)15-23(2)28(26,27)14-13-16-9-5-4-6-10-16/h4-14H,3,15H2,1-2H3,(H,21,22,25). The number of fused-ring (bicyclic) bond motifs is 1. The number of para-hydroxylation sites is 2. The van der Waals surface area contributed by atoms with E-state index < -0.39 is 15.9 Å².